The highest BCUT2D eigenvalue weighted by Crippen LogP contribution is 2.17. The summed E-state index contributed by atoms with van der Waals surface area (Å²) >= 11 is 0. The van der Waals surface area contributed by atoms with E-state index in [0.717, 1.165) is 5.69 Å². The quantitative estimate of drug-likeness (QED) is 0.879. The number of carbonyl (C=O) groups is 1. The molecule has 1 aromatic heterocycles. The summed E-state index contributed by atoms with van der Waals surface area (Å²) in [6, 6.07) is 9.78. The highest BCUT2D eigenvalue weighted by molar-refractivity contribution is 6.04. The lowest BCUT2D eigenvalue weighted by Gasteiger charge is -2.07. The van der Waals surface area contributed by atoms with Crippen LogP contribution < -0.4 is 5.32 Å². The van der Waals surface area contributed by atoms with E-state index in [1.54, 1.807) is 12.3 Å². The number of anilines is 1. The first-order chi connectivity index (χ1) is 8.56. The van der Waals surface area contributed by atoms with E-state index in [-0.39, 0.29) is 5.91 Å². The molecule has 1 amide bonds. The molecule has 0 saturated carbocycles. The van der Waals surface area contributed by atoms with Crippen LogP contribution in [-0.4, -0.2) is 10.5 Å². The van der Waals surface area contributed by atoms with Crippen molar-refractivity contribution in [1.82, 2.24) is 4.57 Å². The molecule has 1 aromatic carbocycles. The van der Waals surface area contributed by atoms with Crippen LogP contribution in [0, 0.1) is 0 Å². The Morgan fingerprint density at radius 2 is 1.83 bits per heavy atom. The van der Waals surface area contributed by atoms with Crippen molar-refractivity contribution >= 4 is 11.6 Å². The second kappa shape index (κ2) is 5.08. The lowest BCUT2D eigenvalue weighted by Crippen LogP contribution is -2.11. The number of hydrogen-bond donors (Lipinski definition) is 1. The molecule has 2 rings (SSSR count). The Balaban J connectivity index is 2.07. The van der Waals surface area contributed by atoms with E-state index in [4.69, 9.17) is 0 Å². The molecule has 0 aliphatic carbocycles. The van der Waals surface area contributed by atoms with Crippen molar-refractivity contribution in [3.05, 3.63) is 53.9 Å². The van der Waals surface area contributed by atoms with Gasteiger partial charge in [-0.2, -0.15) is 0 Å². The smallest absolute Gasteiger partial charge is 0.257 e. The normalized spacial score (nSPS) is 10.7. The molecule has 18 heavy (non-hydrogen) atoms. The van der Waals surface area contributed by atoms with E-state index < -0.39 is 0 Å². The third kappa shape index (κ3) is 2.80. The first-order valence-corrected chi connectivity index (χ1v) is 6.09. The summed E-state index contributed by atoms with van der Waals surface area (Å²) in [5.74, 6) is 0.428. The van der Waals surface area contributed by atoms with Crippen molar-refractivity contribution in [1.29, 1.82) is 0 Å². The minimum atomic E-state index is -0.0760. The zero-order valence-electron chi connectivity index (χ0n) is 11.0. The molecule has 1 heterocycles. The fraction of sp³-hybridized carbons (Fsp3) is 0.267. The molecule has 0 radical (unpaired) electrons. The summed E-state index contributed by atoms with van der Waals surface area (Å²) < 4.78 is 1.86. The molecule has 0 fully saturated rings. The second-order valence-electron chi connectivity index (χ2n) is 4.80. The summed E-state index contributed by atoms with van der Waals surface area (Å²) in [5, 5.41) is 2.89. The van der Waals surface area contributed by atoms with E-state index in [1.807, 2.05) is 42.1 Å². The largest absolute Gasteiger partial charge is 0.356 e. The van der Waals surface area contributed by atoms with Crippen LogP contribution in [0.25, 0.3) is 0 Å². The lowest BCUT2D eigenvalue weighted by molar-refractivity contribution is 0.102. The van der Waals surface area contributed by atoms with E-state index >= 15 is 0 Å². The number of carbonyl (C=O) groups excluding carboxylic acids is 1. The van der Waals surface area contributed by atoms with Crippen molar-refractivity contribution in [3.8, 4) is 0 Å². The van der Waals surface area contributed by atoms with Crippen molar-refractivity contribution in [2.45, 2.75) is 19.8 Å². The lowest BCUT2D eigenvalue weighted by atomic mass is 10.0. The van der Waals surface area contributed by atoms with Gasteiger partial charge in [0.1, 0.15) is 0 Å². The number of rotatable bonds is 3. The van der Waals surface area contributed by atoms with Crippen LogP contribution in [0.5, 0.6) is 0 Å². The minimum Gasteiger partial charge on any atom is -0.356 e. The van der Waals surface area contributed by atoms with Crippen molar-refractivity contribution in [3.63, 3.8) is 0 Å². The molecule has 0 saturated heterocycles. The predicted octanol–water partition coefficient (Wildman–Crippen LogP) is 3.40. The maximum Gasteiger partial charge on any atom is 0.257 e. The minimum absolute atomic E-state index is 0.0760. The number of amides is 1. The van der Waals surface area contributed by atoms with Gasteiger partial charge in [0.15, 0.2) is 0 Å². The number of hydrogen-bond acceptors (Lipinski definition) is 1. The molecule has 0 bridgehead atoms. The van der Waals surface area contributed by atoms with Crippen LogP contribution in [0.1, 0.15) is 35.7 Å². The Labute approximate surface area is 107 Å². The maximum absolute atomic E-state index is 11.9. The molecule has 0 atom stereocenters. The SMILES string of the molecule is CC(C)c1ccc(NC(=O)c2ccn(C)c2)cc1. The first-order valence-electron chi connectivity index (χ1n) is 6.09. The van der Waals surface area contributed by atoms with Crippen LogP contribution in [-0.2, 0) is 7.05 Å². The number of benzene rings is 1. The predicted molar refractivity (Wildman–Crippen MR) is 73.9 cm³/mol. The number of aromatic nitrogens is 1. The molecule has 94 valence electrons. The Kier molecular flexibility index (Phi) is 3.51. The molecule has 0 aliphatic rings. The van der Waals surface area contributed by atoms with Gasteiger partial charge in [0.25, 0.3) is 5.91 Å². The zero-order chi connectivity index (χ0) is 13.1. The van der Waals surface area contributed by atoms with Gasteiger partial charge in [-0.05, 0) is 29.7 Å². The molecular weight excluding hydrogens is 224 g/mol. The van der Waals surface area contributed by atoms with E-state index in [1.165, 1.54) is 5.56 Å². The Hall–Kier alpha value is -2.03. The van der Waals surface area contributed by atoms with Crippen LogP contribution in [0.4, 0.5) is 5.69 Å². The van der Waals surface area contributed by atoms with Crippen LogP contribution in [0.3, 0.4) is 0 Å². The second-order valence-corrected chi connectivity index (χ2v) is 4.80. The fourth-order valence-electron chi connectivity index (χ4n) is 1.79. The summed E-state index contributed by atoms with van der Waals surface area (Å²) in [5.41, 5.74) is 2.77. The number of aryl methyl sites for hydroxylation is 1. The van der Waals surface area contributed by atoms with Gasteiger partial charge < -0.3 is 9.88 Å². The summed E-state index contributed by atoms with van der Waals surface area (Å²) in [6.45, 7) is 4.30. The Morgan fingerprint density at radius 3 is 2.33 bits per heavy atom. The molecule has 0 spiro atoms. The standard InChI is InChI=1S/C15H18N2O/c1-11(2)12-4-6-14(7-5-12)16-15(18)13-8-9-17(3)10-13/h4-11H,1-3H3,(H,16,18). The zero-order valence-corrected chi connectivity index (χ0v) is 11.0. The molecule has 1 N–H and O–H groups in total. The van der Waals surface area contributed by atoms with E-state index in [2.05, 4.69) is 19.2 Å². The Morgan fingerprint density at radius 1 is 1.17 bits per heavy atom. The van der Waals surface area contributed by atoms with Gasteiger partial charge >= 0.3 is 0 Å². The van der Waals surface area contributed by atoms with Gasteiger partial charge in [0.05, 0.1) is 5.56 Å². The van der Waals surface area contributed by atoms with Crippen LogP contribution in [0.2, 0.25) is 0 Å². The average Bonchev–Trinajstić information content (AvgIpc) is 2.76. The van der Waals surface area contributed by atoms with Gasteiger partial charge in [-0.15, -0.1) is 0 Å². The van der Waals surface area contributed by atoms with Crippen molar-refractivity contribution in [2.75, 3.05) is 5.32 Å². The third-order valence-electron chi connectivity index (χ3n) is 2.93. The molecule has 3 heteroatoms. The third-order valence-corrected chi connectivity index (χ3v) is 2.93. The molecule has 2 aromatic rings. The van der Waals surface area contributed by atoms with E-state index in [9.17, 15) is 4.79 Å². The first kappa shape index (κ1) is 12.4. The molecule has 0 unspecified atom stereocenters. The highest BCUT2D eigenvalue weighted by Gasteiger charge is 2.07. The van der Waals surface area contributed by atoms with Gasteiger partial charge in [-0.3, -0.25) is 4.79 Å². The van der Waals surface area contributed by atoms with Crippen LogP contribution >= 0.6 is 0 Å². The highest BCUT2D eigenvalue weighted by atomic mass is 16.1. The maximum atomic E-state index is 11.9. The topological polar surface area (TPSA) is 34.0 Å². The number of nitrogens with one attached hydrogen (secondary N) is 1. The number of nitrogens with zero attached hydrogens (tertiary/aromatic N) is 1. The van der Waals surface area contributed by atoms with Gasteiger partial charge in [0, 0.05) is 25.1 Å². The van der Waals surface area contributed by atoms with Gasteiger partial charge in [0.2, 0.25) is 0 Å². The van der Waals surface area contributed by atoms with Gasteiger partial charge in [-0.25, -0.2) is 0 Å². The summed E-state index contributed by atoms with van der Waals surface area (Å²) in [4.78, 5) is 11.9. The Bertz CT molecular complexity index is 538. The molecule has 0 aliphatic heterocycles. The summed E-state index contributed by atoms with van der Waals surface area (Å²) in [7, 11) is 1.90. The van der Waals surface area contributed by atoms with Crippen LogP contribution in [0.15, 0.2) is 42.7 Å². The summed E-state index contributed by atoms with van der Waals surface area (Å²) in [6.07, 6.45) is 3.66. The van der Waals surface area contributed by atoms with Gasteiger partial charge in [-0.1, -0.05) is 26.0 Å². The van der Waals surface area contributed by atoms with Crippen molar-refractivity contribution < 1.29 is 4.79 Å². The molecular formula is C15H18N2O. The van der Waals surface area contributed by atoms with Crippen molar-refractivity contribution in [2.24, 2.45) is 7.05 Å². The van der Waals surface area contributed by atoms with E-state index in [0.29, 0.717) is 11.5 Å². The molecule has 3 nitrogen and oxygen atoms in total. The fourth-order valence-corrected chi connectivity index (χ4v) is 1.79. The average molecular weight is 242 g/mol. The monoisotopic (exact) mass is 242 g/mol.